The van der Waals surface area contributed by atoms with E-state index in [0.29, 0.717) is 5.56 Å². The number of hydrogen-bond acceptors (Lipinski definition) is 4. The predicted octanol–water partition coefficient (Wildman–Crippen LogP) is 2.88. The number of carbonyl (C=O) groups excluding carboxylic acids is 1. The molecule has 0 saturated heterocycles. The molecule has 3 N–H and O–H groups in total. The molecule has 0 heterocycles. The predicted molar refractivity (Wildman–Crippen MR) is 76.6 cm³/mol. The number of anilines is 2. The van der Waals surface area contributed by atoms with Gasteiger partial charge in [0.2, 0.25) is 0 Å². The van der Waals surface area contributed by atoms with Gasteiger partial charge in [-0.05, 0) is 36.8 Å². The van der Waals surface area contributed by atoms with E-state index in [1.54, 1.807) is 13.0 Å². The van der Waals surface area contributed by atoms with Crippen molar-refractivity contribution in [1.82, 2.24) is 0 Å². The van der Waals surface area contributed by atoms with E-state index in [1.807, 2.05) is 0 Å². The molecule has 2 rings (SSSR count). The lowest BCUT2D eigenvalue weighted by atomic mass is 10.1. The number of benzene rings is 2. The average molecular weight is 289 g/mol. The van der Waals surface area contributed by atoms with Crippen molar-refractivity contribution in [3.8, 4) is 0 Å². The Morgan fingerprint density at radius 3 is 2.67 bits per heavy atom. The van der Waals surface area contributed by atoms with E-state index >= 15 is 0 Å². The molecule has 0 radical (unpaired) electrons. The molecular formula is C14H12FN3O3. The van der Waals surface area contributed by atoms with E-state index in [9.17, 15) is 19.3 Å². The summed E-state index contributed by atoms with van der Waals surface area (Å²) in [4.78, 5) is 22.2. The standard InChI is InChI=1S/C14H12FN3O3/c1-8-5-9(15)7-10(6-8)17-14(19)11-3-2-4-12(13(11)16)18(20)21/h2-7H,16H2,1H3,(H,17,19). The van der Waals surface area contributed by atoms with Crippen LogP contribution in [0.5, 0.6) is 0 Å². The molecule has 0 aliphatic heterocycles. The normalized spacial score (nSPS) is 10.2. The quantitative estimate of drug-likeness (QED) is 0.515. The van der Waals surface area contributed by atoms with Gasteiger partial charge in [-0.2, -0.15) is 0 Å². The van der Waals surface area contributed by atoms with Gasteiger partial charge in [-0.3, -0.25) is 14.9 Å². The molecule has 7 heteroatoms. The second-order valence-electron chi connectivity index (χ2n) is 4.47. The van der Waals surface area contributed by atoms with Crippen LogP contribution >= 0.6 is 0 Å². The summed E-state index contributed by atoms with van der Waals surface area (Å²) in [5.41, 5.74) is 5.90. The topological polar surface area (TPSA) is 98.3 Å². The molecule has 0 atom stereocenters. The summed E-state index contributed by atoms with van der Waals surface area (Å²) >= 11 is 0. The highest BCUT2D eigenvalue weighted by molar-refractivity contribution is 6.08. The summed E-state index contributed by atoms with van der Waals surface area (Å²) in [5.74, 6) is -1.13. The van der Waals surface area contributed by atoms with Crippen LogP contribution in [0.3, 0.4) is 0 Å². The fourth-order valence-electron chi connectivity index (χ4n) is 1.92. The van der Waals surface area contributed by atoms with E-state index in [-0.39, 0.29) is 22.6 Å². The van der Waals surface area contributed by atoms with Crippen LogP contribution in [0, 0.1) is 22.9 Å². The van der Waals surface area contributed by atoms with E-state index in [1.165, 1.54) is 24.3 Å². The molecule has 21 heavy (non-hydrogen) atoms. The van der Waals surface area contributed by atoms with Gasteiger partial charge in [-0.15, -0.1) is 0 Å². The van der Waals surface area contributed by atoms with Gasteiger partial charge in [-0.25, -0.2) is 4.39 Å². The van der Waals surface area contributed by atoms with Gasteiger partial charge in [0.25, 0.3) is 11.6 Å². The molecule has 108 valence electrons. The third-order valence-corrected chi connectivity index (χ3v) is 2.82. The zero-order valence-electron chi connectivity index (χ0n) is 11.1. The minimum absolute atomic E-state index is 0.0360. The Hall–Kier alpha value is -2.96. The lowest BCUT2D eigenvalue weighted by Gasteiger charge is -2.08. The Balaban J connectivity index is 2.33. The molecule has 2 aromatic rings. The summed E-state index contributed by atoms with van der Waals surface area (Å²) in [6, 6.07) is 7.98. The van der Waals surface area contributed by atoms with E-state index < -0.39 is 16.6 Å². The number of hydrogen-bond donors (Lipinski definition) is 2. The lowest BCUT2D eigenvalue weighted by Crippen LogP contribution is -2.15. The van der Waals surface area contributed by atoms with E-state index in [0.717, 1.165) is 6.07 Å². The summed E-state index contributed by atoms with van der Waals surface area (Å²) in [7, 11) is 0. The second-order valence-corrected chi connectivity index (χ2v) is 4.47. The number of amides is 1. The monoisotopic (exact) mass is 289 g/mol. The zero-order chi connectivity index (χ0) is 15.6. The summed E-state index contributed by atoms with van der Waals surface area (Å²) in [6.07, 6.45) is 0. The number of nitrogens with one attached hydrogen (secondary N) is 1. The van der Waals surface area contributed by atoms with Gasteiger partial charge in [0, 0.05) is 11.8 Å². The Morgan fingerprint density at radius 2 is 2.05 bits per heavy atom. The number of para-hydroxylation sites is 1. The Kier molecular flexibility index (Phi) is 3.84. The van der Waals surface area contributed by atoms with Crippen molar-refractivity contribution >= 4 is 23.0 Å². The first-order valence-corrected chi connectivity index (χ1v) is 6.00. The molecule has 0 unspecified atom stereocenters. The van der Waals surface area contributed by atoms with Gasteiger partial charge >= 0.3 is 0 Å². The summed E-state index contributed by atoms with van der Waals surface area (Å²) < 4.78 is 13.3. The van der Waals surface area contributed by atoms with Gasteiger partial charge in [0.05, 0.1) is 10.5 Å². The van der Waals surface area contributed by atoms with Crippen LogP contribution in [0.4, 0.5) is 21.5 Å². The lowest BCUT2D eigenvalue weighted by molar-refractivity contribution is -0.383. The second kappa shape index (κ2) is 5.58. The van der Waals surface area contributed by atoms with Crippen molar-refractivity contribution in [3.63, 3.8) is 0 Å². The van der Waals surface area contributed by atoms with Gasteiger partial charge in [-0.1, -0.05) is 6.07 Å². The number of carbonyl (C=O) groups is 1. The molecule has 2 aromatic carbocycles. The molecule has 0 bridgehead atoms. The number of nitrogens with zero attached hydrogens (tertiary/aromatic N) is 1. The molecule has 0 spiro atoms. The number of nitrogen functional groups attached to an aromatic ring is 1. The largest absolute Gasteiger partial charge is 0.393 e. The first-order chi connectivity index (χ1) is 9.88. The maximum absolute atomic E-state index is 13.3. The van der Waals surface area contributed by atoms with Crippen LogP contribution in [0.15, 0.2) is 36.4 Å². The number of nitrogens with two attached hydrogens (primary N) is 1. The SMILES string of the molecule is Cc1cc(F)cc(NC(=O)c2cccc([N+](=O)[O-])c2N)c1. The highest BCUT2D eigenvalue weighted by atomic mass is 19.1. The highest BCUT2D eigenvalue weighted by Crippen LogP contribution is 2.25. The maximum atomic E-state index is 13.3. The minimum atomic E-state index is -0.668. The van der Waals surface area contributed by atoms with E-state index in [2.05, 4.69) is 5.32 Å². The molecule has 0 saturated carbocycles. The Labute approximate surface area is 119 Å². The van der Waals surface area contributed by atoms with Crippen LogP contribution in [0.2, 0.25) is 0 Å². The van der Waals surface area contributed by atoms with Crippen molar-refractivity contribution < 1.29 is 14.1 Å². The smallest absolute Gasteiger partial charge is 0.292 e. The fourth-order valence-corrected chi connectivity index (χ4v) is 1.92. The van der Waals surface area contributed by atoms with E-state index in [4.69, 9.17) is 5.73 Å². The van der Waals surface area contributed by atoms with Crippen LogP contribution < -0.4 is 11.1 Å². The highest BCUT2D eigenvalue weighted by Gasteiger charge is 2.19. The molecule has 6 nitrogen and oxygen atoms in total. The van der Waals surface area contributed by atoms with Gasteiger partial charge in [0.1, 0.15) is 11.5 Å². The van der Waals surface area contributed by atoms with Crippen molar-refractivity contribution in [2.24, 2.45) is 0 Å². The van der Waals surface area contributed by atoms with Crippen LogP contribution in [-0.4, -0.2) is 10.8 Å². The van der Waals surface area contributed by atoms with Crippen molar-refractivity contribution in [2.45, 2.75) is 6.92 Å². The van der Waals surface area contributed by atoms with Crippen molar-refractivity contribution in [1.29, 1.82) is 0 Å². The first kappa shape index (κ1) is 14.4. The Bertz CT molecular complexity index is 711. The molecular weight excluding hydrogens is 277 g/mol. The number of nitro groups is 1. The third-order valence-electron chi connectivity index (χ3n) is 2.82. The van der Waals surface area contributed by atoms with Crippen LogP contribution in [-0.2, 0) is 0 Å². The first-order valence-electron chi connectivity index (χ1n) is 6.00. The average Bonchev–Trinajstić information content (AvgIpc) is 2.37. The molecule has 0 aliphatic rings. The van der Waals surface area contributed by atoms with Gasteiger partial charge in [0.15, 0.2) is 0 Å². The number of halogens is 1. The summed E-state index contributed by atoms with van der Waals surface area (Å²) in [5, 5.41) is 13.3. The van der Waals surface area contributed by atoms with Crippen LogP contribution in [0.25, 0.3) is 0 Å². The van der Waals surface area contributed by atoms with Crippen molar-refractivity contribution in [2.75, 3.05) is 11.1 Å². The molecule has 1 amide bonds. The van der Waals surface area contributed by atoms with Crippen molar-refractivity contribution in [3.05, 3.63) is 63.5 Å². The fraction of sp³-hybridized carbons (Fsp3) is 0.0714. The Morgan fingerprint density at radius 1 is 1.33 bits per heavy atom. The molecule has 0 aliphatic carbocycles. The number of rotatable bonds is 3. The molecule has 0 aromatic heterocycles. The van der Waals surface area contributed by atoms with Crippen LogP contribution in [0.1, 0.15) is 15.9 Å². The maximum Gasteiger partial charge on any atom is 0.292 e. The van der Waals surface area contributed by atoms with Gasteiger partial charge < -0.3 is 11.1 Å². The zero-order valence-corrected chi connectivity index (χ0v) is 11.1. The molecule has 0 fully saturated rings. The number of nitro benzene ring substituents is 1. The minimum Gasteiger partial charge on any atom is -0.393 e. The third kappa shape index (κ3) is 3.14. The summed E-state index contributed by atoms with van der Waals surface area (Å²) in [6.45, 7) is 1.68. The number of aryl methyl sites for hydroxylation is 1.